The van der Waals surface area contributed by atoms with Crippen molar-refractivity contribution >= 4 is 11.7 Å². The Kier molecular flexibility index (Phi) is 4.02. The van der Waals surface area contributed by atoms with Crippen molar-refractivity contribution in [2.45, 2.75) is 25.8 Å². The highest BCUT2D eigenvalue weighted by atomic mass is 16.2. The number of nitrogens with one attached hydrogen (secondary N) is 1. The maximum Gasteiger partial charge on any atom is 0.233 e. The van der Waals surface area contributed by atoms with Crippen molar-refractivity contribution in [2.24, 2.45) is 11.3 Å². The van der Waals surface area contributed by atoms with Crippen LogP contribution < -0.4 is 5.32 Å². The first-order valence-corrected chi connectivity index (χ1v) is 8.62. The highest BCUT2D eigenvalue weighted by molar-refractivity contribution is 5.95. The van der Waals surface area contributed by atoms with Crippen molar-refractivity contribution < 1.29 is 4.79 Å². The molecule has 0 spiro atoms. The van der Waals surface area contributed by atoms with Crippen molar-refractivity contribution in [3.05, 3.63) is 54.2 Å². The summed E-state index contributed by atoms with van der Waals surface area (Å²) in [4.78, 5) is 15.4. The zero-order chi connectivity index (χ0) is 16.4. The van der Waals surface area contributed by atoms with E-state index in [9.17, 15) is 4.79 Å². The molecule has 2 atom stereocenters. The molecule has 2 aromatic rings. The summed E-state index contributed by atoms with van der Waals surface area (Å²) >= 11 is 0. The molecule has 0 bridgehead atoms. The molecule has 2 heterocycles. The van der Waals surface area contributed by atoms with Gasteiger partial charge in [0.2, 0.25) is 5.91 Å². The molecule has 1 N–H and O–H groups in total. The standard InChI is InChI=1S/C19H22N4O/c24-18(21-17-9-5-11-20-22-17)19-10-4-8-16(19)13-23(14-19)12-15-6-2-1-3-7-15/h1-3,5-7,9,11,16H,4,8,10,12-14H2,(H,21,22,24)/t16-,19-/m0/s1. The molecule has 124 valence electrons. The average molecular weight is 322 g/mol. The molecule has 1 aromatic heterocycles. The van der Waals surface area contributed by atoms with Gasteiger partial charge in [-0.05, 0) is 36.5 Å². The molecule has 24 heavy (non-hydrogen) atoms. The van der Waals surface area contributed by atoms with Crippen LogP contribution in [0.4, 0.5) is 5.82 Å². The Balaban J connectivity index is 1.49. The van der Waals surface area contributed by atoms with Gasteiger partial charge in [0.25, 0.3) is 0 Å². The van der Waals surface area contributed by atoms with Crippen molar-refractivity contribution in [3.63, 3.8) is 0 Å². The topological polar surface area (TPSA) is 58.1 Å². The smallest absolute Gasteiger partial charge is 0.233 e. The third-order valence-electron chi connectivity index (χ3n) is 5.46. The Morgan fingerprint density at radius 3 is 2.92 bits per heavy atom. The predicted octanol–water partition coefficient (Wildman–Crippen LogP) is 2.72. The highest BCUT2D eigenvalue weighted by Gasteiger charge is 2.54. The summed E-state index contributed by atoms with van der Waals surface area (Å²) in [6.45, 7) is 2.75. The number of hydrogen-bond donors (Lipinski definition) is 1. The number of carbonyl (C=O) groups excluding carboxylic acids is 1. The van der Waals surface area contributed by atoms with Crippen molar-refractivity contribution in [1.82, 2.24) is 15.1 Å². The fourth-order valence-corrected chi connectivity index (χ4v) is 4.34. The molecule has 1 saturated carbocycles. The van der Waals surface area contributed by atoms with E-state index in [0.29, 0.717) is 11.7 Å². The van der Waals surface area contributed by atoms with Gasteiger partial charge >= 0.3 is 0 Å². The average Bonchev–Trinajstić information content (AvgIpc) is 3.14. The van der Waals surface area contributed by atoms with Crippen LogP contribution in [0.2, 0.25) is 0 Å². The van der Waals surface area contributed by atoms with Gasteiger partial charge in [0, 0.05) is 25.8 Å². The van der Waals surface area contributed by atoms with E-state index in [0.717, 1.165) is 38.9 Å². The fourth-order valence-electron chi connectivity index (χ4n) is 4.34. The van der Waals surface area contributed by atoms with Crippen LogP contribution in [0, 0.1) is 11.3 Å². The molecule has 2 fully saturated rings. The minimum atomic E-state index is -0.272. The summed E-state index contributed by atoms with van der Waals surface area (Å²) in [7, 11) is 0. The van der Waals surface area contributed by atoms with Crippen molar-refractivity contribution in [3.8, 4) is 0 Å². The van der Waals surface area contributed by atoms with Gasteiger partial charge in [0.1, 0.15) is 0 Å². The number of rotatable bonds is 4. The van der Waals surface area contributed by atoms with Gasteiger partial charge in [0.15, 0.2) is 5.82 Å². The molecule has 2 aliphatic rings. The van der Waals surface area contributed by atoms with Crippen molar-refractivity contribution in [2.75, 3.05) is 18.4 Å². The number of benzene rings is 1. The maximum atomic E-state index is 13.0. The predicted molar refractivity (Wildman–Crippen MR) is 92.2 cm³/mol. The van der Waals surface area contributed by atoms with E-state index in [2.05, 4.69) is 44.7 Å². The third-order valence-corrected chi connectivity index (χ3v) is 5.46. The van der Waals surface area contributed by atoms with Gasteiger partial charge in [0.05, 0.1) is 5.41 Å². The largest absolute Gasteiger partial charge is 0.309 e. The number of likely N-dealkylation sites (tertiary alicyclic amines) is 1. The molecule has 4 rings (SSSR count). The molecular weight excluding hydrogens is 300 g/mol. The van der Waals surface area contributed by atoms with Gasteiger partial charge in [-0.15, -0.1) is 5.10 Å². The maximum absolute atomic E-state index is 13.0. The van der Waals surface area contributed by atoms with Gasteiger partial charge in [-0.25, -0.2) is 0 Å². The summed E-state index contributed by atoms with van der Waals surface area (Å²) in [5, 5.41) is 10.8. The molecule has 1 saturated heterocycles. The second-order valence-electron chi connectivity index (χ2n) is 6.96. The number of fused-ring (bicyclic) bond motifs is 1. The summed E-state index contributed by atoms with van der Waals surface area (Å²) in [5.74, 6) is 1.10. The Morgan fingerprint density at radius 2 is 2.12 bits per heavy atom. The molecule has 5 heteroatoms. The van der Waals surface area contributed by atoms with Gasteiger partial charge in [-0.2, -0.15) is 5.10 Å². The number of hydrogen-bond acceptors (Lipinski definition) is 4. The molecular formula is C19H22N4O. The zero-order valence-corrected chi connectivity index (χ0v) is 13.7. The van der Waals surface area contributed by atoms with E-state index in [1.165, 1.54) is 5.56 Å². The highest BCUT2D eigenvalue weighted by Crippen LogP contribution is 2.49. The van der Waals surface area contributed by atoms with E-state index < -0.39 is 0 Å². The minimum absolute atomic E-state index is 0.112. The van der Waals surface area contributed by atoms with Crippen LogP contribution in [0.15, 0.2) is 48.7 Å². The number of anilines is 1. The summed E-state index contributed by atoms with van der Waals surface area (Å²) in [6.07, 6.45) is 4.86. The Bertz CT molecular complexity index is 706. The Morgan fingerprint density at radius 1 is 1.25 bits per heavy atom. The molecule has 0 radical (unpaired) electrons. The Hall–Kier alpha value is -2.27. The molecule has 1 amide bonds. The van der Waals surface area contributed by atoms with E-state index in [-0.39, 0.29) is 11.3 Å². The van der Waals surface area contributed by atoms with Crippen LogP contribution in [-0.4, -0.2) is 34.1 Å². The Labute approximate surface area is 142 Å². The van der Waals surface area contributed by atoms with E-state index in [4.69, 9.17) is 0 Å². The number of carbonyl (C=O) groups is 1. The first-order valence-electron chi connectivity index (χ1n) is 8.62. The quantitative estimate of drug-likeness (QED) is 0.940. The van der Waals surface area contributed by atoms with Crippen LogP contribution >= 0.6 is 0 Å². The van der Waals surface area contributed by atoms with Crippen LogP contribution in [0.5, 0.6) is 0 Å². The summed E-state index contributed by atoms with van der Waals surface area (Å²) in [5.41, 5.74) is 1.04. The van der Waals surface area contributed by atoms with Crippen molar-refractivity contribution in [1.29, 1.82) is 0 Å². The number of amides is 1. The normalized spacial score (nSPS) is 26.2. The van der Waals surface area contributed by atoms with Gasteiger partial charge in [-0.1, -0.05) is 36.8 Å². The monoisotopic (exact) mass is 322 g/mol. The third kappa shape index (κ3) is 2.80. The first-order chi connectivity index (χ1) is 11.8. The molecule has 5 nitrogen and oxygen atoms in total. The van der Waals surface area contributed by atoms with Crippen LogP contribution in [0.3, 0.4) is 0 Å². The lowest BCUT2D eigenvalue weighted by molar-refractivity contribution is -0.126. The van der Waals surface area contributed by atoms with E-state index in [1.807, 2.05) is 6.07 Å². The second-order valence-corrected chi connectivity index (χ2v) is 6.96. The van der Waals surface area contributed by atoms with Gasteiger partial charge in [-0.3, -0.25) is 9.69 Å². The minimum Gasteiger partial charge on any atom is -0.309 e. The van der Waals surface area contributed by atoms with Gasteiger partial charge < -0.3 is 5.32 Å². The number of nitrogens with zero attached hydrogens (tertiary/aromatic N) is 3. The lowest BCUT2D eigenvalue weighted by atomic mass is 9.80. The fraction of sp³-hybridized carbons (Fsp3) is 0.421. The lowest BCUT2D eigenvalue weighted by Gasteiger charge is -2.27. The molecule has 1 aliphatic carbocycles. The summed E-state index contributed by atoms with van der Waals surface area (Å²) in [6, 6.07) is 14.1. The summed E-state index contributed by atoms with van der Waals surface area (Å²) < 4.78 is 0. The van der Waals surface area contributed by atoms with E-state index >= 15 is 0 Å². The SMILES string of the molecule is O=C(Nc1cccnn1)[C@]12CCC[C@H]1CN(Cc1ccccc1)C2. The van der Waals surface area contributed by atoms with E-state index in [1.54, 1.807) is 18.3 Å². The van der Waals surface area contributed by atoms with Crippen LogP contribution in [0.25, 0.3) is 0 Å². The molecule has 0 unspecified atom stereocenters. The first kappa shape index (κ1) is 15.3. The van der Waals surface area contributed by atoms with Crippen LogP contribution in [-0.2, 0) is 11.3 Å². The lowest BCUT2D eigenvalue weighted by Crippen LogP contribution is -2.40. The zero-order valence-electron chi connectivity index (χ0n) is 13.7. The number of aromatic nitrogens is 2. The second kappa shape index (κ2) is 6.32. The molecule has 1 aromatic carbocycles. The molecule has 1 aliphatic heterocycles. The van der Waals surface area contributed by atoms with Crippen LogP contribution in [0.1, 0.15) is 24.8 Å².